The van der Waals surface area contributed by atoms with Crippen LogP contribution in [-0.2, 0) is 52.6 Å². The largest absolute Gasteiger partial charge is 2.00 e. The van der Waals surface area contributed by atoms with Crippen molar-refractivity contribution in [2.45, 2.75) is 145 Å². The molecule has 8 aromatic rings. The number of hydrogen-bond donors (Lipinski definition) is 1. The average molecular weight is 1930 g/mol. The molecule has 0 amide bonds. The first kappa shape index (κ1) is 106. The molecule has 39 heteroatoms. The molecule has 5 aliphatic heterocycles. The Morgan fingerprint density at radius 3 is 1.03 bits per heavy atom. The van der Waals surface area contributed by atoms with Gasteiger partial charge in [-0.2, -0.15) is 52.7 Å². The normalized spacial score (nSPS) is 19.7. The van der Waals surface area contributed by atoms with Crippen LogP contribution in [0.15, 0.2) is 165 Å². The van der Waals surface area contributed by atoms with Crippen molar-refractivity contribution in [3.05, 3.63) is 244 Å². The Hall–Kier alpha value is -6.22. The zero-order chi connectivity index (χ0) is 86.9. The Morgan fingerprint density at radius 1 is 0.451 bits per heavy atom. The van der Waals surface area contributed by atoms with Gasteiger partial charge < -0.3 is 71.6 Å². The summed E-state index contributed by atoms with van der Waals surface area (Å²) in [6.07, 6.45) is -18.1. The van der Waals surface area contributed by atoms with Gasteiger partial charge in [0.1, 0.15) is 35.3 Å². The zero-order valence-electron chi connectivity index (χ0n) is 66.1. The van der Waals surface area contributed by atoms with Gasteiger partial charge in [0.2, 0.25) is 0 Å². The van der Waals surface area contributed by atoms with E-state index in [4.69, 9.17) is 37.3 Å². The molecule has 0 spiro atoms. The fraction of sp³-hybridized carbons (Fsp3) is 0.386. The third kappa shape index (κ3) is 27.9. The number of ketones is 1. The van der Waals surface area contributed by atoms with E-state index in [1.165, 1.54) is 62.4 Å². The predicted molar refractivity (Wildman–Crippen MR) is 428 cm³/mol. The van der Waals surface area contributed by atoms with Crippen molar-refractivity contribution in [2.75, 3.05) is 52.9 Å². The number of benzene rings is 8. The minimum absolute atomic E-state index is 0. The monoisotopic (exact) mass is 1920 g/mol. The third-order valence-electron chi connectivity index (χ3n) is 18.5. The van der Waals surface area contributed by atoms with Gasteiger partial charge in [0.25, 0.3) is 0 Å². The first-order valence-electron chi connectivity index (χ1n) is 36.0. The molecule has 664 valence electrons. The van der Waals surface area contributed by atoms with Gasteiger partial charge in [0.05, 0.1) is 115 Å². The minimum Gasteiger partial charge on any atom is -1.00 e. The summed E-state index contributed by atoms with van der Waals surface area (Å²) < 4.78 is 310. The minimum atomic E-state index is -4.47. The van der Waals surface area contributed by atoms with E-state index in [0.29, 0.717) is 39.1 Å². The van der Waals surface area contributed by atoms with E-state index in [-0.39, 0.29) is 132 Å². The molecule has 1 saturated heterocycles. The molecule has 13 rings (SSSR count). The first-order valence-corrected chi connectivity index (χ1v) is 46.4. The average Bonchev–Trinajstić information content (AvgIpc) is 1.22. The van der Waals surface area contributed by atoms with E-state index in [1.807, 2.05) is 0 Å². The number of carbonyl (C=O) groups is 2. The van der Waals surface area contributed by atoms with Crippen LogP contribution in [-0.4, -0.2) is 122 Å². The summed E-state index contributed by atoms with van der Waals surface area (Å²) in [5.74, 6) is -10.6. The van der Waals surface area contributed by atoms with Gasteiger partial charge in [-0.15, -0.1) is 47.0 Å². The molecule has 1 unspecified atom stereocenters. The summed E-state index contributed by atoms with van der Waals surface area (Å²) in [7, 11) is -2.64. The van der Waals surface area contributed by atoms with E-state index in [2.05, 4.69) is 39.3 Å². The molecule has 0 saturated carbocycles. The molecular formula is C83H85BrF20MgO11S4Si2. The quantitative estimate of drug-likeness (QED) is 0.0305. The number of hydrogen-bond acceptors (Lipinski definition) is 15. The summed E-state index contributed by atoms with van der Waals surface area (Å²) in [6, 6.07) is 25.2. The van der Waals surface area contributed by atoms with Crippen LogP contribution in [0.3, 0.4) is 0 Å². The Balaban J connectivity index is 0.000000274. The molecule has 122 heavy (non-hydrogen) atoms. The Morgan fingerprint density at radius 2 is 0.721 bits per heavy atom. The number of ether oxygens (including phenoxy) is 6. The molecule has 11 nitrogen and oxygen atoms in total. The summed E-state index contributed by atoms with van der Waals surface area (Å²) in [6.45, 7) is 19.7. The first-order chi connectivity index (χ1) is 55.1. The molecule has 1 N–H and O–H groups in total. The number of rotatable bonds is 17. The predicted octanol–water partition coefficient (Wildman–Crippen LogP) is 21.6. The number of aldehydes is 1. The summed E-state index contributed by atoms with van der Waals surface area (Å²) in [5, 5.41) is 7.02. The molecule has 0 aliphatic carbocycles. The molecule has 0 bridgehead atoms. The molecule has 0 radical (unpaired) electrons. The summed E-state index contributed by atoms with van der Waals surface area (Å²) in [4.78, 5) is 25.0. The van der Waals surface area contributed by atoms with Crippen LogP contribution < -0.4 is 35.9 Å². The summed E-state index contributed by atoms with van der Waals surface area (Å²) in [5.41, 5.74) is -3.37. The molecule has 0 aromatic heterocycles. The number of alkyl halides is 12. The molecule has 8 aromatic carbocycles. The van der Waals surface area contributed by atoms with E-state index >= 15 is 0 Å². The van der Waals surface area contributed by atoms with Crippen molar-refractivity contribution < 1.29 is 157 Å². The fourth-order valence-electron chi connectivity index (χ4n) is 12.5. The van der Waals surface area contributed by atoms with Crippen LogP contribution in [0.1, 0.15) is 93.7 Å². The van der Waals surface area contributed by atoms with Crippen molar-refractivity contribution >= 4 is 98.8 Å². The van der Waals surface area contributed by atoms with Crippen LogP contribution >= 0.6 is 47.0 Å². The van der Waals surface area contributed by atoms with Crippen LogP contribution in [0.25, 0.3) is 0 Å². The number of aliphatic hydroxyl groups excluding tert-OH is 1. The Labute approximate surface area is 738 Å². The van der Waals surface area contributed by atoms with Gasteiger partial charge in [0, 0.05) is 53.0 Å². The zero-order valence-corrected chi connectivity index (χ0v) is 74.4. The number of carbonyl (C=O) groups excluding carboxylic acids is 2. The van der Waals surface area contributed by atoms with Gasteiger partial charge in [0.15, 0.2) is 68.7 Å². The number of thioether (sulfide) groups is 4. The van der Waals surface area contributed by atoms with Crippen molar-refractivity contribution in [3.63, 3.8) is 0 Å². The van der Waals surface area contributed by atoms with E-state index in [9.17, 15) is 103 Å². The maximum Gasteiger partial charge on any atom is 2.00 e. The van der Waals surface area contributed by atoms with Crippen molar-refractivity contribution in [1.29, 1.82) is 0 Å². The Bertz CT molecular complexity index is 4740. The molecular weight excluding hydrogens is 1840 g/mol. The van der Waals surface area contributed by atoms with Crippen molar-refractivity contribution in [1.82, 2.24) is 0 Å². The van der Waals surface area contributed by atoms with Gasteiger partial charge in [-0.1, -0.05) is 7.43 Å². The second-order valence-electron chi connectivity index (χ2n) is 29.2. The number of fused-ring (bicyclic) bond motifs is 4. The van der Waals surface area contributed by atoms with Gasteiger partial charge in [-0.25, -0.2) is 35.1 Å². The second kappa shape index (κ2) is 44.5. The second-order valence-corrected chi connectivity index (χ2v) is 43.1. The van der Waals surface area contributed by atoms with E-state index in [0.717, 1.165) is 157 Å². The Kier molecular flexibility index (Phi) is 38.8. The van der Waals surface area contributed by atoms with Gasteiger partial charge in [-0.3, -0.25) is 4.79 Å². The number of halogens is 21. The fourth-order valence-corrected chi connectivity index (χ4v) is 19.3. The standard InChI is InChI=1S/C20H17F5O3S.C18H15F5O2S.C18H13F5O2S.C17H11F5O2S.C8H22O2Si2.CH4.CH3.BrH.Mg/c1-19(27-8-9-28-19)13-10-26-17-15(22)7-6-14(21)16(17)18(13)29-12-4-2-11(3-5-12)20(23,24)25;2*1-9(24)12-8-25-16-14(20)7-6-13(19)15(16)17(12)26-11-4-2-10(3-5-11)18(21,22)23;18-12-5-6-13(19)15-14(12)16(9(7-23)8-24-15)25-11-3-1-10(2-4-11)17(20,21)22;1-11(2,3)9-7-8-10-12(4,5)6;;;;/h2-7,13,18H,8-10H2,1H3;2-7,9,12,17,24H,8H2,1H3;2-7,12,17H,8H2,1H3;1-7,9,16H,8H2;7-8H2,1-6H3;1H4;1H3;1H;/q;;;;;;-1;;+2/p-1/t13-,18+;9?,12-,17-;12-,17-;9-,16+;;;;;/m1001...../s1. The van der Waals surface area contributed by atoms with Gasteiger partial charge in [-0.05, 0) is 206 Å². The topological polar surface area (TPSA) is 128 Å². The SMILES string of the molecule is C.CC(=O)[C@@H]1COc2c(F)ccc(F)c2[C@H]1Sc1ccc(C(F)(F)F)cc1.CC(O)[C@@H]1COc2c(F)ccc(F)c2[C@H]1Sc1ccc(C(F)(F)F)cc1.CC1([C@@H]2COc3c(F)ccc(F)c3[C@H]2Sc2ccc(C(F)(F)F)cc2)OCCO1.C[Si](C)(C)OCCO[Si](C)(C)C.O=C[C@@H]1COc2c(F)ccc(F)c2[C@H]1Sc1ccc(C(F)(F)F)cc1.[Br-].[CH3-].[Mg+2]. The maximum atomic E-state index is 14.7. The number of Topliss-reactive ketones (excluding diaryl/α,β-unsaturated/α-hetero) is 1. The van der Waals surface area contributed by atoms with Crippen molar-refractivity contribution in [2.24, 2.45) is 23.7 Å². The van der Waals surface area contributed by atoms with Crippen LogP contribution in [0.5, 0.6) is 23.0 Å². The van der Waals surface area contributed by atoms with Crippen LogP contribution in [0.4, 0.5) is 87.8 Å². The smallest absolute Gasteiger partial charge is 1.00 e. The molecule has 1 fully saturated rings. The summed E-state index contributed by atoms with van der Waals surface area (Å²) >= 11 is 4.21. The van der Waals surface area contributed by atoms with Crippen LogP contribution in [0.2, 0.25) is 39.3 Å². The molecule has 5 heterocycles. The molecule has 9 atom stereocenters. The van der Waals surface area contributed by atoms with E-state index in [1.54, 1.807) is 6.92 Å². The molecule has 5 aliphatic rings. The number of aliphatic hydroxyl groups is 1. The third-order valence-corrected chi connectivity index (χ3v) is 26.1. The van der Waals surface area contributed by atoms with E-state index < -0.39 is 167 Å². The maximum absolute atomic E-state index is 14.7. The van der Waals surface area contributed by atoms with Gasteiger partial charge >= 0.3 is 47.8 Å². The van der Waals surface area contributed by atoms with Crippen LogP contribution in [0, 0.1) is 77.6 Å². The van der Waals surface area contributed by atoms with Crippen molar-refractivity contribution in [3.8, 4) is 23.0 Å².